The van der Waals surface area contributed by atoms with Gasteiger partial charge in [0.05, 0.1) is 6.61 Å². The lowest BCUT2D eigenvalue weighted by Gasteiger charge is -2.19. The third kappa shape index (κ3) is 6.12. The van der Waals surface area contributed by atoms with E-state index in [-0.39, 0.29) is 12.6 Å². The number of thioether (sulfide) groups is 1. The summed E-state index contributed by atoms with van der Waals surface area (Å²) in [6.07, 6.45) is 6.87. The van der Waals surface area contributed by atoms with Crippen molar-refractivity contribution in [3.8, 4) is 0 Å². The minimum Gasteiger partial charge on any atom is -0.395 e. The Morgan fingerprint density at radius 1 is 1.31 bits per heavy atom. The van der Waals surface area contributed by atoms with Crippen LogP contribution < -0.4 is 5.32 Å². The highest BCUT2D eigenvalue weighted by Gasteiger charge is 2.15. The molecule has 0 aromatic heterocycles. The molecular formula is C13H27NOS. The fraction of sp³-hybridized carbons (Fsp3) is 1.00. The van der Waals surface area contributed by atoms with Crippen molar-refractivity contribution in [2.24, 2.45) is 5.92 Å². The highest BCUT2D eigenvalue weighted by molar-refractivity contribution is 7.99. The number of aliphatic hydroxyl groups excluding tert-OH is 1. The highest BCUT2D eigenvalue weighted by atomic mass is 32.2. The fourth-order valence-corrected chi connectivity index (χ4v) is 3.64. The Morgan fingerprint density at radius 2 is 2.00 bits per heavy atom. The molecular weight excluding hydrogens is 218 g/mol. The molecule has 0 amide bonds. The number of hydrogen-bond donors (Lipinski definition) is 2. The molecule has 1 atom stereocenters. The molecule has 1 aliphatic carbocycles. The summed E-state index contributed by atoms with van der Waals surface area (Å²) in [7, 11) is 0. The van der Waals surface area contributed by atoms with Crippen LogP contribution in [0.25, 0.3) is 0 Å². The minimum absolute atomic E-state index is 0.266. The predicted octanol–water partition coefficient (Wildman–Crippen LogP) is 2.66. The van der Waals surface area contributed by atoms with Gasteiger partial charge in [0.15, 0.2) is 0 Å². The maximum absolute atomic E-state index is 9.21. The van der Waals surface area contributed by atoms with Crippen molar-refractivity contribution in [1.82, 2.24) is 5.32 Å². The van der Waals surface area contributed by atoms with Crippen molar-refractivity contribution in [2.75, 3.05) is 18.1 Å². The van der Waals surface area contributed by atoms with E-state index in [1.54, 1.807) is 0 Å². The van der Waals surface area contributed by atoms with Gasteiger partial charge in [-0.25, -0.2) is 0 Å². The Kier molecular flexibility index (Phi) is 7.50. The van der Waals surface area contributed by atoms with Crippen molar-refractivity contribution in [3.63, 3.8) is 0 Å². The first kappa shape index (κ1) is 14.3. The molecule has 1 rings (SSSR count). The molecule has 16 heavy (non-hydrogen) atoms. The standard InChI is InChI=1S/C13H27NOS/c1-11(2)14-13(9-15)7-8-16-10-12-5-3-4-6-12/h11-15H,3-10H2,1-2H3. The minimum atomic E-state index is 0.266. The average molecular weight is 245 g/mol. The molecule has 0 radical (unpaired) electrons. The van der Waals surface area contributed by atoms with Crippen LogP contribution in [-0.4, -0.2) is 35.3 Å². The third-order valence-corrected chi connectivity index (χ3v) is 4.46. The summed E-state index contributed by atoms with van der Waals surface area (Å²) in [4.78, 5) is 0. The summed E-state index contributed by atoms with van der Waals surface area (Å²) < 4.78 is 0. The second kappa shape index (κ2) is 8.37. The van der Waals surface area contributed by atoms with Gasteiger partial charge in [0.2, 0.25) is 0 Å². The molecule has 1 saturated carbocycles. The van der Waals surface area contributed by atoms with Crippen LogP contribution in [0.1, 0.15) is 46.0 Å². The van der Waals surface area contributed by atoms with E-state index in [0.717, 1.165) is 12.3 Å². The van der Waals surface area contributed by atoms with Crippen LogP contribution in [0.2, 0.25) is 0 Å². The van der Waals surface area contributed by atoms with Crippen molar-refractivity contribution < 1.29 is 5.11 Å². The Labute approximate surface area is 105 Å². The van der Waals surface area contributed by atoms with Gasteiger partial charge in [-0.3, -0.25) is 0 Å². The highest BCUT2D eigenvalue weighted by Crippen LogP contribution is 2.28. The summed E-state index contributed by atoms with van der Waals surface area (Å²) in [6, 6.07) is 0.757. The van der Waals surface area contributed by atoms with Gasteiger partial charge in [0, 0.05) is 12.1 Å². The summed E-state index contributed by atoms with van der Waals surface area (Å²) in [5.41, 5.74) is 0. The molecule has 0 bridgehead atoms. The van der Waals surface area contributed by atoms with Gasteiger partial charge in [0.25, 0.3) is 0 Å². The quantitative estimate of drug-likeness (QED) is 0.645. The SMILES string of the molecule is CC(C)NC(CO)CCSCC1CCCC1. The van der Waals surface area contributed by atoms with Crippen LogP contribution in [0.15, 0.2) is 0 Å². The van der Waals surface area contributed by atoms with Crippen LogP contribution in [-0.2, 0) is 0 Å². The van der Waals surface area contributed by atoms with E-state index in [1.165, 1.54) is 37.2 Å². The fourth-order valence-electron chi connectivity index (χ4n) is 2.35. The van der Waals surface area contributed by atoms with E-state index < -0.39 is 0 Å². The summed E-state index contributed by atoms with van der Waals surface area (Å²) in [6.45, 7) is 4.53. The smallest absolute Gasteiger partial charge is 0.0585 e. The number of nitrogens with one attached hydrogen (secondary N) is 1. The molecule has 0 heterocycles. The molecule has 0 aliphatic heterocycles. The molecule has 1 aliphatic rings. The Bertz CT molecular complexity index is 169. The lowest BCUT2D eigenvalue weighted by atomic mass is 10.1. The maximum Gasteiger partial charge on any atom is 0.0585 e. The van der Waals surface area contributed by atoms with Crippen molar-refractivity contribution in [1.29, 1.82) is 0 Å². The van der Waals surface area contributed by atoms with Crippen molar-refractivity contribution >= 4 is 11.8 Å². The lowest BCUT2D eigenvalue weighted by Crippen LogP contribution is -2.37. The van der Waals surface area contributed by atoms with E-state index in [4.69, 9.17) is 0 Å². The van der Waals surface area contributed by atoms with E-state index >= 15 is 0 Å². The van der Waals surface area contributed by atoms with Gasteiger partial charge >= 0.3 is 0 Å². The summed E-state index contributed by atoms with van der Waals surface area (Å²) in [5, 5.41) is 12.6. The summed E-state index contributed by atoms with van der Waals surface area (Å²) >= 11 is 2.07. The molecule has 0 aromatic rings. The largest absolute Gasteiger partial charge is 0.395 e. The second-order valence-electron chi connectivity index (χ2n) is 5.21. The zero-order valence-electron chi connectivity index (χ0n) is 10.7. The van der Waals surface area contributed by atoms with Gasteiger partial charge in [0.1, 0.15) is 0 Å². The maximum atomic E-state index is 9.21. The predicted molar refractivity (Wildman–Crippen MR) is 73.0 cm³/mol. The van der Waals surface area contributed by atoms with E-state index in [2.05, 4.69) is 30.9 Å². The molecule has 0 aromatic carbocycles. The van der Waals surface area contributed by atoms with E-state index in [0.29, 0.717) is 6.04 Å². The van der Waals surface area contributed by atoms with Gasteiger partial charge in [-0.05, 0) is 36.7 Å². The van der Waals surface area contributed by atoms with Crippen LogP contribution in [0, 0.1) is 5.92 Å². The molecule has 3 heteroatoms. The molecule has 1 unspecified atom stereocenters. The van der Waals surface area contributed by atoms with Crippen LogP contribution in [0.3, 0.4) is 0 Å². The molecule has 2 N–H and O–H groups in total. The number of aliphatic hydroxyl groups is 1. The lowest BCUT2D eigenvalue weighted by molar-refractivity contribution is 0.232. The zero-order valence-corrected chi connectivity index (χ0v) is 11.6. The number of rotatable bonds is 8. The Hall–Kier alpha value is 0.270. The molecule has 96 valence electrons. The molecule has 0 spiro atoms. The third-order valence-electron chi connectivity index (χ3n) is 3.23. The summed E-state index contributed by atoms with van der Waals surface area (Å²) in [5.74, 6) is 3.50. The van der Waals surface area contributed by atoms with Crippen molar-refractivity contribution in [3.05, 3.63) is 0 Å². The van der Waals surface area contributed by atoms with Gasteiger partial charge in [-0.15, -0.1) is 0 Å². The number of hydrogen-bond acceptors (Lipinski definition) is 3. The average Bonchev–Trinajstić information content (AvgIpc) is 2.74. The molecule has 1 fully saturated rings. The first-order valence-electron chi connectivity index (χ1n) is 6.67. The van der Waals surface area contributed by atoms with E-state index in [1.807, 2.05) is 0 Å². The molecule has 0 saturated heterocycles. The Morgan fingerprint density at radius 3 is 2.56 bits per heavy atom. The zero-order chi connectivity index (χ0) is 11.8. The molecule has 2 nitrogen and oxygen atoms in total. The van der Waals surface area contributed by atoms with Crippen molar-refractivity contribution in [2.45, 2.75) is 58.0 Å². The van der Waals surface area contributed by atoms with Gasteiger partial charge < -0.3 is 10.4 Å². The monoisotopic (exact) mass is 245 g/mol. The van der Waals surface area contributed by atoms with Crippen LogP contribution in [0.4, 0.5) is 0 Å². The second-order valence-corrected chi connectivity index (χ2v) is 6.36. The van der Waals surface area contributed by atoms with Crippen LogP contribution in [0.5, 0.6) is 0 Å². The van der Waals surface area contributed by atoms with Gasteiger partial charge in [-0.1, -0.05) is 26.7 Å². The first-order chi connectivity index (χ1) is 7.72. The first-order valence-corrected chi connectivity index (χ1v) is 7.82. The normalized spacial score (nSPS) is 19.5. The van der Waals surface area contributed by atoms with E-state index in [9.17, 15) is 5.11 Å². The van der Waals surface area contributed by atoms with Crippen LogP contribution >= 0.6 is 11.8 Å². The topological polar surface area (TPSA) is 32.3 Å². The van der Waals surface area contributed by atoms with Gasteiger partial charge in [-0.2, -0.15) is 11.8 Å². The Balaban J connectivity index is 1.99.